The largest absolute Gasteiger partial charge is 0.450 e. The number of hydrogen-bond donors (Lipinski definition) is 1. The number of aldehydes is 1. The first-order valence-electron chi connectivity index (χ1n) is 39.8. The summed E-state index contributed by atoms with van der Waals surface area (Å²) in [5, 5.41) is 0. The molecule has 4 saturated heterocycles. The van der Waals surface area contributed by atoms with Gasteiger partial charge in [0.2, 0.25) is 23.6 Å². The lowest BCUT2D eigenvalue weighted by atomic mass is 9.75. The Morgan fingerprint density at radius 3 is 1.06 bits per heavy atom. The number of halogens is 6. The first kappa shape index (κ1) is 79.9. The molecule has 0 atom stereocenters. The van der Waals surface area contributed by atoms with Gasteiger partial charge < -0.3 is 77.1 Å². The standard InChI is InChI=1S/2C24H27F3N4O3.C20H22N4O3.C15H16N2O4/c2*1-2-34-22(33)29-14-23(15-29)16-7-3-4-9-18(16)31(21(23)32)13-20-28-17-8-5-10-19(17)30(20)12-6-11-24(25,26)27;1-2-27-19(26)23-11-20(12-23)13-6-3-4-9-16(13)24(18(20)25)10-17-21-14-7-5-8-15(14)22-17;1-2-21-14(20)16-9-15(10-16)11-5-3-4-6-12(11)17(7-8-18)13(15)19/h2*3-4,7,9H,2,5-6,8,10-15H2,1H3;3-4,6,9H,2,5,7-8,10-12H2,1H3,(H,21,22);3-6,8H,2,7,9-10H2,1H3. The van der Waals surface area contributed by atoms with Crippen molar-refractivity contribution in [3.63, 3.8) is 0 Å². The number of para-hydroxylation sites is 4. The number of amides is 8. The first-order valence-corrected chi connectivity index (χ1v) is 39.8. The van der Waals surface area contributed by atoms with Gasteiger partial charge in [-0.3, -0.25) is 19.2 Å². The summed E-state index contributed by atoms with van der Waals surface area (Å²) in [7, 11) is 0. The molecule has 0 saturated carbocycles. The van der Waals surface area contributed by atoms with E-state index < -0.39 is 65.1 Å². The van der Waals surface area contributed by atoms with Crippen LogP contribution in [-0.2, 0) is 136 Å². The Hall–Kier alpha value is -11.3. The third-order valence-corrected chi connectivity index (χ3v) is 24.0. The lowest BCUT2D eigenvalue weighted by Crippen LogP contribution is -2.65. The molecule has 33 heteroatoms. The van der Waals surface area contributed by atoms with E-state index in [0.29, 0.717) is 57.6 Å². The monoisotopic (exact) mass is 1610 g/mol. The number of aryl methyl sites for hydroxylation is 4. The Labute approximate surface area is 665 Å². The van der Waals surface area contributed by atoms with Crippen LogP contribution in [0.2, 0.25) is 0 Å². The maximum Gasteiger partial charge on any atom is 0.409 e. The zero-order valence-electron chi connectivity index (χ0n) is 65.1. The van der Waals surface area contributed by atoms with E-state index in [4.69, 9.17) is 28.9 Å². The van der Waals surface area contributed by atoms with Gasteiger partial charge in [0.15, 0.2) is 0 Å². The number of H-pyrrole nitrogens is 1. The number of carbonyl (C=O) groups excluding carboxylic acids is 9. The van der Waals surface area contributed by atoms with E-state index in [1.54, 1.807) is 42.4 Å². The number of nitrogens with zero attached hydrogens (tertiary/aromatic N) is 13. The summed E-state index contributed by atoms with van der Waals surface area (Å²) in [4.78, 5) is 143. The molecule has 27 nitrogen and oxygen atoms in total. The number of anilines is 4. The van der Waals surface area contributed by atoms with E-state index in [2.05, 4.69) is 9.97 Å². The fourth-order valence-corrected chi connectivity index (χ4v) is 18.6. The van der Waals surface area contributed by atoms with Crippen LogP contribution in [0, 0.1) is 0 Å². The Morgan fingerprint density at radius 2 is 0.733 bits per heavy atom. The Bertz CT molecular complexity index is 4790. The third-order valence-electron chi connectivity index (χ3n) is 24.0. The van der Waals surface area contributed by atoms with Gasteiger partial charge in [-0.2, -0.15) is 26.3 Å². The van der Waals surface area contributed by atoms with Crippen LogP contribution in [0.25, 0.3) is 0 Å². The van der Waals surface area contributed by atoms with Crippen molar-refractivity contribution >= 4 is 77.0 Å². The summed E-state index contributed by atoms with van der Waals surface area (Å²) in [6, 6.07) is 30.3. The highest BCUT2D eigenvalue weighted by Gasteiger charge is 2.64. The van der Waals surface area contributed by atoms with Gasteiger partial charge in [-0.05, 0) is 145 Å². The number of aromatic amines is 1. The van der Waals surface area contributed by atoms with Gasteiger partial charge in [0, 0.05) is 118 Å². The van der Waals surface area contributed by atoms with Gasteiger partial charge in [-0.25, -0.2) is 34.1 Å². The number of fused-ring (bicyclic) bond motifs is 11. The topological polar surface area (TPSA) is 281 Å². The molecule has 3 aliphatic carbocycles. The second-order valence-corrected chi connectivity index (χ2v) is 31.1. The minimum Gasteiger partial charge on any atom is -0.450 e. The number of carbonyl (C=O) groups is 9. The van der Waals surface area contributed by atoms with E-state index in [1.807, 2.05) is 111 Å². The summed E-state index contributed by atoms with van der Waals surface area (Å²) >= 11 is 0. The lowest BCUT2D eigenvalue weighted by Gasteiger charge is -2.45. The van der Waals surface area contributed by atoms with Crippen molar-refractivity contribution in [2.45, 2.75) is 178 Å². The molecular formula is C83H92F6N14O13. The predicted octanol–water partition coefficient (Wildman–Crippen LogP) is 11.0. The summed E-state index contributed by atoms with van der Waals surface area (Å²) in [6.07, 6.45) is -2.81. The Morgan fingerprint density at radius 1 is 0.422 bits per heavy atom. The molecular weight excluding hydrogens is 1510 g/mol. The molecule has 4 fully saturated rings. The minimum atomic E-state index is -4.20. The average molecular weight is 1610 g/mol. The molecule has 614 valence electrons. The maximum atomic E-state index is 13.7. The van der Waals surface area contributed by atoms with Crippen LogP contribution < -0.4 is 19.6 Å². The van der Waals surface area contributed by atoms with Crippen molar-refractivity contribution in [2.24, 2.45) is 0 Å². The summed E-state index contributed by atoms with van der Waals surface area (Å²) in [5.41, 5.74) is 9.98. The van der Waals surface area contributed by atoms with Gasteiger partial charge in [0.05, 0.1) is 69.7 Å². The van der Waals surface area contributed by atoms with Crippen molar-refractivity contribution < 1.29 is 88.4 Å². The van der Waals surface area contributed by atoms with Gasteiger partial charge in [0.1, 0.15) is 45.4 Å². The van der Waals surface area contributed by atoms with E-state index in [1.165, 1.54) is 25.3 Å². The maximum absolute atomic E-state index is 13.7. The molecule has 11 heterocycles. The number of alkyl halides is 6. The highest BCUT2D eigenvalue weighted by molar-refractivity contribution is 6.13. The molecule has 11 aliphatic rings. The molecule has 0 bridgehead atoms. The second kappa shape index (κ2) is 31.7. The molecule has 0 radical (unpaired) electrons. The van der Waals surface area contributed by atoms with Crippen LogP contribution in [0.3, 0.4) is 0 Å². The molecule has 116 heavy (non-hydrogen) atoms. The van der Waals surface area contributed by atoms with Crippen LogP contribution >= 0.6 is 0 Å². The van der Waals surface area contributed by atoms with Gasteiger partial charge in [0.25, 0.3) is 0 Å². The molecule has 3 aromatic heterocycles. The molecule has 1 N–H and O–H groups in total. The first-order chi connectivity index (χ1) is 55.7. The molecule has 8 amide bonds. The number of rotatable bonds is 18. The second-order valence-electron chi connectivity index (χ2n) is 31.1. The number of aromatic nitrogens is 6. The SMILES string of the molecule is CCOC(=O)N1CC2(C1)C(=O)N(CC=O)c1ccccc12.CCOC(=O)N1CC2(C1)C(=O)N(Cc1nc3c([nH]1)CCC3)c1ccccc12.CCOC(=O)N1CC2(C1)C(=O)N(Cc1nc3c(n1CCCC(F)(F)F)CCC3)c1ccccc12.CCOC(=O)N1CC2(C1)C(=O)N(Cc1nc3c(n1CCCC(F)(F)F)CCC3)c1ccccc12. The summed E-state index contributed by atoms with van der Waals surface area (Å²) in [6.45, 7) is 11.8. The van der Waals surface area contributed by atoms with Crippen molar-refractivity contribution in [1.29, 1.82) is 0 Å². The van der Waals surface area contributed by atoms with E-state index in [9.17, 15) is 69.5 Å². The van der Waals surface area contributed by atoms with Gasteiger partial charge in [-0.1, -0.05) is 72.8 Å². The molecule has 8 aliphatic heterocycles. The summed E-state index contributed by atoms with van der Waals surface area (Å²) < 4.78 is 100. The van der Waals surface area contributed by atoms with Crippen LogP contribution in [0.5, 0.6) is 0 Å². The van der Waals surface area contributed by atoms with E-state index in [-0.39, 0.29) is 115 Å². The molecule has 4 spiro atoms. The van der Waals surface area contributed by atoms with Crippen molar-refractivity contribution in [1.82, 2.24) is 48.7 Å². The zero-order chi connectivity index (χ0) is 81.8. The van der Waals surface area contributed by atoms with Crippen LogP contribution in [0.1, 0.15) is 147 Å². The van der Waals surface area contributed by atoms with Gasteiger partial charge >= 0.3 is 36.7 Å². The third kappa shape index (κ3) is 14.4. The number of nitrogens with one attached hydrogen (secondary N) is 1. The van der Waals surface area contributed by atoms with Crippen molar-refractivity contribution in [2.75, 3.05) is 105 Å². The Balaban J connectivity index is 0.000000123. The van der Waals surface area contributed by atoms with E-state index >= 15 is 0 Å². The number of likely N-dealkylation sites (tertiary alicyclic amines) is 4. The smallest absolute Gasteiger partial charge is 0.409 e. The van der Waals surface area contributed by atoms with Crippen LogP contribution in [0.15, 0.2) is 97.1 Å². The van der Waals surface area contributed by atoms with Crippen LogP contribution in [0.4, 0.5) is 68.3 Å². The lowest BCUT2D eigenvalue weighted by molar-refractivity contribution is -0.136. The highest BCUT2D eigenvalue weighted by atomic mass is 19.4. The highest BCUT2D eigenvalue weighted by Crippen LogP contribution is 2.53. The van der Waals surface area contributed by atoms with Gasteiger partial charge in [-0.15, -0.1) is 0 Å². The zero-order valence-corrected chi connectivity index (χ0v) is 65.1. The quantitative estimate of drug-likeness (QED) is 0.0475. The van der Waals surface area contributed by atoms with Crippen molar-refractivity contribution in [3.05, 3.63) is 171 Å². The number of imidazole rings is 3. The molecule has 0 unspecified atom stereocenters. The van der Waals surface area contributed by atoms with E-state index in [0.717, 1.165) is 143 Å². The Kier molecular flexibility index (Phi) is 21.9. The normalized spacial score (nSPS) is 18.5. The summed E-state index contributed by atoms with van der Waals surface area (Å²) in [5.74, 6) is 1.78. The van der Waals surface area contributed by atoms with Crippen LogP contribution in [-0.4, -0.2) is 201 Å². The predicted molar refractivity (Wildman–Crippen MR) is 409 cm³/mol. The molecule has 7 aromatic rings. The fraction of sp³-hybridized carbons (Fsp3) is 0.494. The molecule has 18 rings (SSSR count). The average Bonchev–Trinajstić information content (AvgIpc) is 1.56. The number of hydrogen-bond acceptors (Lipinski definition) is 16. The number of ether oxygens (including phenoxy) is 4. The fourth-order valence-electron chi connectivity index (χ4n) is 18.6. The van der Waals surface area contributed by atoms with Crippen molar-refractivity contribution in [3.8, 4) is 0 Å². The molecule has 4 aromatic carbocycles. The minimum absolute atomic E-state index is 0.0255. The number of benzene rings is 4.